The zero-order chi connectivity index (χ0) is 12.8. The molecule has 0 aliphatic rings. The third-order valence-electron chi connectivity index (χ3n) is 2.54. The molecular weight excluding hydrogens is 222 g/mol. The van der Waals surface area contributed by atoms with Gasteiger partial charge in [-0.1, -0.05) is 13.0 Å². The van der Waals surface area contributed by atoms with Gasteiger partial charge in [-0.2, -0.15) is 0 Å². The zero-order valence-electron chi connectivity index (χ0n) is 9.97. The van der Waals surface area contributed by atoms with E-state index < -0.39 is 4.92 Å². The highest BCUT2D eigenvalue weighted by Gasteiger charge is 2.21. The van der Waals surface area contributed by atoms with Gasteiger partial charge >= 0.3 is 5.69 Å². The predicted molar refractivity (Wildman–Crippen MR) is 66.4 cm³/mol. The van der Waals surface area contributed by atoms with Gasteiger partial charge in [0.05, 0.1) is 12.0 Å². The Kier molecular flexibility index (Phi) is 4.71. The summed E-state index contributed by atoms with van der Waals surface area (Å²) >= 11 is 0. The minimum absolute atomic E-state index is 0.0146. The molecule has 0 heterocycles. The second kappa shape index (κ2) is 6.05. The van der Waals surface area contributed by atoms with Gasteiger partial charge in [-0.25, -0.2) is 0 Å². The number of hydrogen-bond acceptors (Lipinski definition) is 5. The van der Waals surface area contributed by atoms with Crippen LogP contribution in [0.25, 0.3) is 0 Å². The van der Waals surface area contributed by atoms with Crippen molar-refractivity contribution in [2.75, 3.05) is 19.0 Å². The fraction of sp³-hybridized carbons (Fsp3) is 0.455. The van der Waals surface area contributed by atoms with Crippen molar-refractivity contribution in [3.63, 3.8) is 0 Å². The molecule has 6 heteroatoms. The second-order valence-corrected chi connectivity index (χ2v) is 3.60. The lowest BCUT2D eigenvalue weighted by atomic mass is 10.2. The first-order valence-electron chi connectivity index (χ1n) is 5.42. The summed E-state index contributed by atoms with van der Waals surface area (Å²) in [5.41, 5.74) is 5.95. The van der Waals surface area contributed by atoms with Crippen molar-refractivity contribution in [3.05, 3.63) is 28.3 Å². The highest BCUT2D eigenvalue weighted by Crippen LogP contribution is 2.34. The minimum Gasteiger partial charge on any atom is -0.490 e. The van der Waals surface area contributed by atoms with Crippen LogP contribution in [0.5, 0.6) is 5.75 Å². The van der Waals surface area contributed by atoms with E-state index >= 15 is 0 Å². The van der Waals surface area contributed by atoms with Crippen LogP contribution in [0.4, 0.5) is 11.4 Å². The maximum Gasteiger partial charge on any atom is 0.333 e. The molecule has 0 fully saturated rings. The Hall–Kier alpha value is -1.82. The third-order valence-corrected chi connectivity index (χ3v) is 2.54. The molecule has 0 radical (unpaired) electrons. The first-order valence-corrected chi connectivity index (χ1v) is 5.42. The molecule has 0 saturated heterocycles. The van der Waals surface area contributed by atoms with E-state index in [1.165, 1.54) is 7.11 Å². The van der Waals surface area contributed by atoms with Crippen molar-refractivity contribution in [3.8, 4) is 5.75 Å². The van der Waals surface area contributed by atoms with Crippen LogP contribution in [0.15, 0.2) is 18.2 Å². The molecule has 1 aromatic carbocycles. The number of hydrogen-bond donors (Lipinski definition) is 2. The van der Waals surface area contributed by atoms with Gasteiger partial charge in [0.2, 0.25) is 0 Å². The van der Waals surface area contributed by atoms with Crippen molar-refractivity contribution in [1.29, 1.82) is 0 Å². The molecule has 1 rings (SSSR count). The van der Waals surface area contributed by atoms with Crippen molar-refractivity contribution >= 4 is 11.4 Å². The molecule has 0 spiro atoms. The Morgan fingerprint density at radius 2 is 2.29 bits per heavy atom. The topological polar surface area (TPSA) is 90.4 Å². The van der Waals surface area contributed by atoms with Crippen molar-refractivity contribution < 1.29 is 9.66 Å². The van der Waals surface area contributed by atoms with Crippen LogP contribution in [0, 0.1) is 10.1 Å². The Balaban J connectivity index is 3.09. The number of nitrogens with two attached hydrogens (primary N) is 1. The number of nitro benzene ring substituents is 1. The summed E-state index contributed by atoms with van der Waals surface area (Å²) in [5, 5.41) is 14.1. The van der Waals surface area contributed by atoms with Crippen LogP contribution in [0.1, 0.15) is 13.3 Å². The average Bonchev–Trinajstić information content (AvgIpc) is 2.34. The van der Waals surface area contributed by atoms with Crippen LogP contribution >= 0.6 is 0 Å². The zero-order valence-corrected chi connectivity index (χ0v) is 9.97. The number of para-hydroxylation sites is 1. The van der Waals surface area contributed by atoms with Crippen molar-refractivity contribution in [1.82, 2.24) is 0 Å². The summed E-state index contributed by atoms with van der Waals surface area (Å²) in [6.07, 6.45) is 0.796. The number of rotatable bonds is 6. The molecule has 1 aromatic rings. The highest BCUT2D eigenvalue weighted by molar-refractivity contribution is 5.68. The quantitative estimate of drug-likeness (QED) is 0.583. The molecular formula is C11H17N3O3. The number of nitrogens with zero attached hydrogens (tertiary/aromatic N) is 1. The molecule has 6 nitrogen and oxygen atoms in total. The summed E-state index contributed by atoms with van der Waals surface area (Å²) in [6, 6.07) is 4.93. The smallest absolute Gasteiger partial charge is 0.333 e. The lowest BCUT2D eigenvalue weighted by Gasteiger charge is -2.16. The molecule has 1 atom stereocenters. The standard InChI is InChI=1S/C11H17N3O3/c1-3-8(7-12)13-9-5-4-6-10(17-2)11(9)14(15)16/h4-6,8,13H,3,7,12H2,1-2H3. The van der Waals surface area contributed by atoms with E-state index in [0.717, 1.165) is 6.42 Å². The Morgan fingerprint density at radius 3 is 2.76 bits per heavy atom. The SMILES string of the molecule is CCC(CN)Nc1cccc(OC)c1[N+](=O)[O-]. The molecule has 0 aliphatic carbocycles. The van der Waals surface area contributed by atoms with Gasteiger partial charge in [-0.3, -0.25) is 10.1 Å². The molecule has 0 saturated carbocycles. The molecule has 0 bridgehead atoms. The summed E-state index contributed by atoms with van der Waals surface area (Å²) < 4.78 is 4.98. The van der Waals surface area contributed by atoms with E-state index in [0.29, 0.717) is 12.2 Å². The normalized spacial score (nSPS) is 11.9. The number of methoxy groups -OCH3 is 1. The van der Waals surface area contributed by atoms with Gasteiger partial charge < -0.3 is 15.8 Å². The van der Waals surface area contributed by atoms with Crippen LogP contribution < -0.4 is 15.8 Å². The van der Waals surface area contributed by atoms with E-state index in [-0.39, 0.29) is 17.5 Å². The monoisotopic (exact) mass is 239 g/mol. The number of anilines is 1. The summed E-state index contributed by atoms with van der Waals surface area (Å²) in [7, 11) is 1.41. The predicted octanol–water partition coefficient (Wildman–Crippen LogP) is 1.75. The van der Waals surface area contributed by atoms with E-state index in [2.05, 4.69) is 5.32 Å². The Bertz CT molecular complexity index is 392. The number of ether oxygens (including phenoxy) is 1. The highest BCUT2D eigenvalue weighted by atomic mass is 16.6. The van der Waals surface area contributed by atoms with Gasteiger partial charge in [0.15, 0.2) is 5.75 Å². The molecule has 3 N–H and O–H groups in total. The molecule has 17 heavy (non-hydrogen) atoms. The first-order chi connectivity index (χ1) is 8.13. The van der Waals surface area contributed by atoms with E-state index in [1.54, 1.807) is 18.2 Å². The van der Waals surface area contributed by atoms with E-state index in [4.69, 9.17) is 10.5 Å². The summed E-state index contributed by atoms with van der Waals surface area (Å²) in [5.74, 6) is 0.242. The molecule has 0 aromatic heterocycles. The maximum absolute atomic E-state index is 11.0. The molecule has 94 valence electrons. The number of nitro groups is 1. The van der Waals surface area contributed by atoms with E-state index in [1.807, 2.05) is 6.92 Å². The maximum atomic E-state index is 11.0. The summed E-state index contributed by atoms with van der Waals surface area (Å²) in [6.45, 7) is 2.39. The number of benzene rings is 1. The Morgan fingerprint density at radius 1 is 1.59 bits per heavy atom. The fourth-order valence-corrected chi connectivity index (χ4v) is 1.54. The molecule has 0 aliphatic heterocycles. The van der Waals surface area contributed by atoms with Crippen LogP contribution in [0.2, 0.25) is 0 Å². The number of nitrogens with one attached hydrogen (secondary N) is 1. The van der Waals surface area contributed by atoms with Crippen LogP contribution in [-0.2, 0) is 0 Å². The average molecular weight is 239 g/mol. The van der Waals surface area contributed by atoms with E-state index in [9.17, 15) is 10.1 Å². The van der Waals surface area contributed by atoms with Gasteiger partial charge in [0, 0.05) is 12.6 Å². The van der Waals surface area contributed by atoms with Crippen LogP contribution in [0.3, 0.4) is 0 Å². The van der Waals surface area contributed by atoms with Gasteiger partial charge in [0.25, 0.3) is 0 Å². The lowest BCUT2D eigenvalue weighted by Crippen LogP contribution is -2.28. The van der Waals surface area contributed by atoms with Gasteiger partial charge in [-0.15, -0.1) is 0 Å². The fourth-order valence-electron chi connectivity index (χ4n) is 1.54. The van der Waals surface area contributed by atoms with Crippen molar-refractivity contribution in [2.24, 2.45) is 5.73 Å². The third kappa shape index (κ3) is 3.07. The largest absolute Gasteiger partial charge is 0.490 e. The summed E-state index contributed by atoms with van der Waals surface area (Å²) in [4.78, 5) is 10.6. The van der Waals surface area contributed by atoms with Gasteiger partial charge in [-0.05, 0) is 18.6 Å². The van der Waals surface area contributed by atoms with Crippen molar-refractivity contribution in [2.45, 2.75) is 19.4 Å². The first kappa shape index (κ1) is 13.2. The molecule has 0 amide bonds. The second-order valence-electron chi connectivity index (χ2n) is 3.60. The van der Waals surface area contributed by atoms with Crippen LogP contribution in [-0.4, -0.2) is 24.6 Å². The molecule has 1 unspecified atom stereocenters. The lowest BCUT2D eigenvalue weighted by molar-refractivity contribution is -0.384. The van der Waals surface area contributed by atoms with Gasteiger partial charge in [0.1, 0.15) is 5.69 Å². The minimum atomic E-state index is -0.454. The Labute approximate surface area is 99.9 Å².